The van der Waals surface area contributed by atoms with Crippen molar-refractivity contribution < 1.29 is 4.74 Å². The van der Waals surface area contributed by atoms with E-state index in [4.69, 9.17) is 4.74 Å². The highest BCUT2D eigenvalue weighted by molar-refractivity contribution is 5.40. The molecule has 2 rings (SSSR count). The van der Waals surface area contributed by atoms with Gasteiger partial charge in [-0.1, -0.05) is 119 Å². The fourth-order valence-corrected chi connectivity index (χ4v) is 5.23. The van der Waals surface area contributed by atoms with E-state index in [1.807, 2.05) is 0 Å². The topological polar surface area (TPSA) is 9.23 Å². The van der Waals surface area contributed by atoms with Gasteiger partial charge in [0.05, 0.1) is 13.2 Å². The van der Waals surface area contributed by atoms with Gasteiger partial charge in [-0.2, -0.15) is 0 Å². The van der Waals surface area contributed by atoms with Crippen molar-refractivity contribution in [3.8, 4) is 0 Å². The standard InChI is InChI=1S/C34H54O/c1-13-33(11,27-15-17-29(23(3)4)31(19-27)25(7)8)21-35-22-34(12,14-2)28-16-18-30(24(5)6)32(20-28)26(9)10/h15-20,23-26H,13-14,21-22H2,1-12H3. The van der Waals surface area contributed by atoms with Crippen LogP contribution in [-0.2, 0) is 15.6 Å². The Balaban J connectivity index is 2.29. The molecule has 2 aromatic carbocycles. The molecular formula is C34H54O. The van der Waals surface area contributed by atoms with E-state index in [-0.39, 0.29) is 10.8 Å². The van der Waals surface area contributed by atoms with Gasteiger partial charge in [0.1, 0.15) is 0 Å². The maximum absolute atomic E-state index is 6.61. The number of hydrogen-bond acceptors (Lipinski definition) is 1. The van der Waals surface area contributed by atoms with Crippen molar-refractivity contribution in [3.05, 3.63) is 69.8 Å². The Labute approximate surface area is 218 Å². The van der Waals surface area contributed by atoms with Gasteiger partial charge in [-0.15, -0.1) is 0 Å². The normalized spacial score (nSPS) is 15.8. The molecular weight excluding hydrogens is 424 g/mol. The minimum atomic E-state index is 0.0123. The first-order valence-corrected chi connectivity index (χ1v) is 14.2. The van der Waals surface area contributed by atoms with Crippen LogP contribution in [0.1, 0.15) is 153 Å². The van der Waals surface area contributed by atoms with Crippen molar-refractivity contribution in [2.24, 2.45) is 0 Å². The van der Waals surface area contributed by atoms with Gasteiger partial charge in [-0.3, -0.25) is 0 Å². The third-order valence-corrected chi connectivity index (χ3v) is 8.46. The Hall–Kier alpha value is -1.60. The summed E-state index contributed by atoms with van der Waals surface area (Å²) in [6.07, 6.45) is 2.13. The summed E-state index contributed by atoms with van der Waals surface area (Å²) in [5, 5.41) is 0. The van der Waals surface area contributed by atoms with E-state index in [0.717, 1.165) is 26.1 Å². The average Bonchev–Trinajstić information content (AvgIpc) is 2.82. The minimum absolute atomic E-state index is 0.0123. The number of hydrogen-bond donors (Lipinski definition) is 0. The van der Waals surface area contributed by atoms with Gasteiger partial charge in [0.2, 0.25) is 0 Å². The van der Waals surface area contributed by atoms with E-state index in [1.54, 1.807) is 0 Å². The summed E-state index contributed by atoms with van der Waals surface area (Å²) in [6, 6.07) is 14.4. The molecule has 0 amide bonds. The Bertz CT molecular complexity index is 874. The predicted molar refractivity (Wildman–Crippen MR) is 155 cm³/mol. The van der Waals surface area contributed by atoms with Crippen LogP contribution in [-0.4, -0.2) is 13.2 Å². The maximum Gasteiger partial charge on any atom is 0.0560 e. The maximum atomic E-state index is 6.61. The van der Waals surface area contributed by atoms with Crippen LogP contribution < -0.4 is 0 Å². The van der Waals surface area contributed by atoms with Gasteiger partial charge < -0.3 is 4.74 Å². The lowest BCUT2D eigenvalue weighted by atomic mass is 9.76. The van der Waals surface area contributed by atoms with Crippen molar-refractivity contribution >= 4 is 0 Å². The molecule has 2 atom stereocenters. The third-order valence-electron chi connectivity index (χ3n) is 8.46. The summed E-state index contributed by atoms with van der Waals surface area (Å²) < 4.78 is 6.61. The van der Waals surface area contributed by atoms with Crippen LogP contribution >= 0.6 is 0 Å². The average molecular weight is 479 g/mol. The molecule has 0 heterocycles. The molecule has 1 nitrogen and oxygen atoms in total. The molecule has 0 saturated heterocycles. The van der Waals surface area contributed by atoms with Gasteiger partial charge in [0.15, 0.2) is 0 Å². The minimum Gasteiger partial charge on any atom is -0.380 e. The van der Waals surface area contributed by atoms with Crippen molar-refractivity contribution in [1.29, 1.82) is 0 Å². The lowest BCUT2D eigenvalue weighted by molar-refractivity contribution is 0.0510. The Morgan fingerprint density at radius 1 is 0.543 bits per heavy atom. The molecule has 35 heavy (non-hydrogen) atoms. The van der Waals surface area contributed by atoms with E-state index in [0.29, 0.717) is 23.7 Å². The Morgan fingerprint density at radius 2 is 0.857 bits per heavy atom. The summed E-state index contributed by atoms with van der Waals surface area (Å²) in [6.45, 7) is 29.3. The molecule has 2 aromatic rings. The van der Waals surface area contributed by atoms with Gasteiger partial charge >= 0.3 is 0 Å². The molecule has 1 heteroatoms. The SMILES string of the molecule is CCC(C)(COCC(C)(CC)c1ccc(C(C)C)c(C(C)C)c1)c1ccc(C(C)C)c(C(C)C)c1. The van der Waals surface area contributed by atoms with Crippen LogP contribution in [0.3, 0.4) is 0 Å². The monoisotopic (exact) mass is 478 g/mol. The molecule has 0 aliphatic carbocycles. The molecule has 0 aromatic heterocycles. The third kappa shape index (κ3) is 6.79. The lowest BCUT2D eigenvalue weighted by Crippen LogP contribution is -2.33. The summed E-state index contributed by atoms with van der Waals surface area (Å²) in [5.41, 5.74) is 8.78. The molecule has 0 spiro atoms. The molecule has 0 fully saturated rings. The number of ether oxygens (including phenoxy) is 1. The Morgan fingerprint density at radius 3 is 1.11 bits per heavy atom. The van der Waals surface area contributed by atoms with E-state index in [2.05, 4.69) is 119 Å². The van der Waals surface area contributed by atoms with Gasteiger partial charge in [0.25, 0.3) is 0 Å². The van der Waals surface area contributed by atoms with Crippen molar-refractivity contribution in [2.45, 2.75) is 130 Å². The first-order chi connectivity index (χ1) is 16.3. The first-order valence-electron chi connectivity index (χ1n) is 14.2. The van der Waals surface area contributed by atoms with E-state index < -0.39 is 0 Å². The predicted octanol–water partition coefficient (Wildman–Crippen LogP) is 10.2. The summed E-state index contributed by atoms with van der Waals surface area (Å²) in [4.78, 5) is 0. The first kappa shape index (κ1) is 29.6. The highest BCUT2D eigenvalue weighted by Crippen LogP contribution is 2.37. The van der Waals surface area contributed by atoms with Gasteiger partial charge in [-0.25, -0.2) is 0 Å². The van der Waals surface area contributed by atoms with Crippen molar-refractivity contribution in [2.75, 3.05) is 13.2 Å². The van der Waals surface area contributed by atoms with Crippen LogP contribution in [0, 0.1) is 0 Å². The van der Waals surface area contributed by atoms with E-state index >= 15 is 0 Å². The van der Waals surface area contributed by atoms with Crippen LogP contribution in [0.4, 0.5) is 0 Å². The molecule has 0 aliphatic heterocycles. The second-order valence-corrected chi connectivity index (χ2v) is 12.6. The van der Waals surface area contributed by atoms with Crippen molar-refractivity contribution in [1.82, 2.24) is 0 Å². The molecule has 0 bridgehead atoms. The second-order valence-electron chi connectivity index (χ2n) is 12.6. The molecule has 196 valence electrons. The van der Waals surface area contributed by atoms with Gasteiger partial charge in [-0.05, 0) is 69.9 Å². The van der Waals surface area contributed by atoms with Crippen LogP contribution in [0.15, 0.2) is 36.4 Å². The molecule has 0 N–H and O–H groups in total. The highest BCUT2D eigenvalue weighted by atomic mass is 16.5. The van der Waals surface area contributed by atoms with Crippen LogP contribution in [0.5, 0.6) is 0 Å². The zero-order valence-corrected chi connectivity index (χ0v) is 25.0. The summed E-state index contributed by atoms with van der Waals surface area (Å²) in [5.74, 6) is 2.16. The summed E-state index contributed by atoms with van der Waals surface area (Å²) in [7, 11) is 0. The van der Waals surface area contributed by atoms with E-state index in [9.17, 15) is 0 Å². The Kier molecular flexibility index (Phi) is 10.2. The van der Waals surface area contributed by atoms with E-state index in [1.165, 1.54) is 33.4 Å². The number of rotatable bonds is 12. The fourth-order valence-electron chi connectivity index (χ4n) is 5.23. The molecule has 0 aliphatic rings. The largest absolute Gasteiger partial charge is 0.380 e. The quantitative estimate of drug-likeness (QED) is 0.295. The van der Waals surface area contributed by atoms with Crippen molar-refractivity contribution in [3.63, 3.8) is 0 Å². The highest BCUT2D eigenvalue weighted by Gasteiger charge is 2.30. The zero-order chi connectivity index (χ0) is 26.6. The lowest BCUT2D eigenvalue weighted by Gasteiger charge is -2.34. The molecule has 0 radical (unpaired) electrons. The van der Waals surface area contributed by atoms with Crippen LogP contribution in [0.25, 0.3) is 0 Å². The second kappa shape index (κ2) is 12.1. The molecule has 0 saturated carbocycles. The van der Waals surface area contributed by atoms with Gasteiger partial charge in [0, 0.05) is 10.8 Å². The fraction of sp³-hybridized carbons (Fsp3) is 0.647. The molecule has 2 unspecified atom stereocenters. The smallest absolute Gasteiger partial charge is 0.0560 e. The van der Waals surface area contributed by atoms with Crippen LogP contribution in [0.2, 0.25) is 0 Å². The number of benzene rings is 2. The zero-order valence-electron chi connectivity index (χ0n) is 25.0. The summed E-state index contributed by atoms with van der Waals surface area (Å²) >= 11 is 0.